The second kappa shape index (κ2) is 6.05. The van der Waals surface area contributed by atoms with Gasteiger partial charge in [0.05, 0.1) is 19.3 Å². The van der Waals surface area contributed by atoms with Crippen molar-refractivity contribution in [3.05, 3.63) is 77.2 Å². The maximum absolute atomic E-state index is 13.8. The molecular weight excluding hydrogens is 354 g/mol. The molecule has 0 aliphatic carbocycles. The first-order chi connectivity index (χ1) is 13.6. The number of methoxy groups -OCH3 is 1. The molecule has 1 spiro atoms. The highest BCUT2D eigenvalue weighted by Crippen LogP contribution is 2.52. The Morgan fingerprint density at radius 3 is 2.86 bits per heavy atom. The molecule has 1 aromatic carbocycles. The van der Waals surface area contributed by atoms with Crippen LogP contribution >= 0.6 is 0 Å². The molecule has 0 fully saturated rings. The van der Waals surface area contributed by atoms with Gasteiger partial charge in [-0.25, -0.2) is 4.98 Å². The number of aryl methyl sites for hydroxylation is 1. The molecule has 1 atom stereocenters. The number of pyridine rings is 2. The van der Waals surface area contributed by atoms with E-state index in [0.29, 0.717) is 23.9 Å². The molecule has 3 aromatic rings. The van der Waals surface area contributed by atoms with E-state index >= 15 is 0 Å². The summed E-state index contributed by atoms with van der Waals surface area (Å²) in [5.74, 6) is 1.05. The summed E-state index contributed by atoms with van der Waals surface area (Å²) in [7, 11) is 1.57. The second-order valence-electron chi connectivity index (χ2n) is 7.07. The van der Waals surface area contributed by atoms with Crippen LogP contribution in [0.4, 0.5) is 5.69 Å². The van der Waals surface area contributed by atoms with Gasteiger partial charge < -0.3 is 14.4 Å². The highest BCUT2D eigenvalue weighted by atomic mass is 16.5. The summed E-state index contributed by atoms with van der Waals surface area (Å²) < 4.78 is 11.2. The Balaban J connectivity index is 1.67. The number of anilines is 1. The van der Waals surface area contributed by atoms with Gasteiger partial charge in [0.15, 0.2) is 5.41 Å². The third-order valence-corrected chi connectivity index (χ3v) is 5.58. The largest absolute Gasteiger partial charge is 0.490 e. The van der Waals surface area contributed by atoms with Crippen molar-refractivity contribution in [1.29, 1.82) is 0 Å². The van der Waals surface area contributed by atoms with Crippen molar-refractivity contribution in [1.82, 2.24) is 9.97 Å². The number of hydrogen-bond donors (Lipinski definition) is 0. The normalized spacial score (nSPS) is 19.5. The lowest BCUT2D eigenvalue weighted by atomic mass is 9.80. The van der Waals surface area contributed by atoms with Gasteiger partial charge in [0.25, 0.3) is 0 Å². The van der Waals surface area contributed by atoms with E-state index in [4.69, 9.17) is 9.47 Å². The third kappa shape index (κ3) is 2.17. The lowest BCUT2D eigenvalue weighted by molar-refractivity contribution is -0.122. The average molecular weight is 373 g/mol. The van der Waals surface area contributed by atoms with E-state index < -0.39 is 5.41 Å². The standard InChI is InChI=1S/C22H19N3O3/c1-14-6-5-11-23-16(14)12-25-17-8-4-3-7-15(17)22(21(25)26)13-28-18-9-10-19(27-2)24-20(18)22/h3-11H,12-13H2,1-2H3. The minimum absolute atomic E-state index is 0.0433. The molecule has 0 radical (unpaired) electrons. The van der Waals surface area contributed by atoms with Gasteiger partial charge in [-0.1, -0.05) is 24.3 Å². The van der Waals surface area contributed by atoms with E-state index in [-0.39, 0.29) is 12.5 Å². The van der Waals surface area contributed by atoms with E-state index in [1.807, 2.05) is 49.4 Å². The van der Waals surface area contributed by atoms with E-state index in [9.17, 15) is 4.79 Å². The molecule has 28 heavy (non-hydrogen) atoms. The molecular formula is C22H19N3O3. The number of aromatic nitrogens is 2. The Morgan fingerprint density at radius 2 is 2.04 bits per heavy atom. The number of nitrogens with zero attached hydrogens (tertiary/aromatic N) is 3. The van der Waals surface area contributed by atoms with E-state index in [1.54, 1.807) is 24.3 Å². The van der Waals surface area contributed by atoms with Crippen molar-refractivity contribution in [2.75, 3.05) is 18.6 Å². The number of ether oxygens (including phenoxy) is 2. The molecule has 0 saturated heterocycles. The van der Waals surface area contributed by atoms with E-state index in [2.05, 4.69) is 9.97 Å². The predicted octanol–water partition coefficient (Wildman–Crippen LogP) is 3.02. The van der Waals surface area contributed by atoms with Gasteiger partial charge >= 0.3 is 0 Å². The minimum Gasteiger partial charge on any atom is -0.490 e. The number of benzene rings is 1. The lowest BCUT2D eigenvalue weighted by Gasteiger charge is -2.22. The molecule has 140 valence electrons. The van der Waals surface area contributed by atoms with Crippen LogP contribution in [0.15, 0.2) is 54.7 Å². The van der Waals surface area contributed by atoms with Gasteiger partial charge in [0.1, 0.15) is 18.1 Å². The predicted molar refractivity (Wildman–Crippen MR) is 104 cm³/mol. The first kappa shape index (κ1) is 16.7. The summed E-state index contributed by atoms with van der Waals surface area (Å²) >= 11 is 0. The van der Waals surface area contributed by atoms with Gasteiger partial charge in [-0.05, 0) is 30.7 Å². The number of rotatable bonds is 3. The summed E-state index contributed by atoms with van der Waals surface area (Å²) in [6, 6.07) is 15.3. The zero-order valence-electron chi connectivity index (χ0n) is 15.7. The topological polar surface area (TPSA) is 64.6 Å². The zero-order valence-corrected chi connectivity index (χ0v) is 15.7. The van der Waals surface area contributed by atoms with Crippen molar-refractivity contribution < 1.29 is 14.3 Å². The van der Waals surface area contributed by atoms with Crippen LogP contribution in [0.2, 0.25) is 0 Å². The number of para-hydroxylation sites is 1. The molecule has 1 amide bonds. The molecule has 0 bridgehead atoms. The van der Waals surface area contributed by atoms with Crippen molar-refractivity contribution >= 4 is 11.6 Å². The summed E-state index contributed by atoms with van der Waals surface area (Å²) in [4.78, 5) is 24.7. The summed E-state index contributed by atoms with van der Waals surface area (Å²) in [6.45, 7) is 2.64. The minimum atomic E-state index is -0.955. The molecule has 0 N–H and O–H groups in total. The zero-order chi connectivity index (χ0) is 19.3. The lowest BCUT2D eigenvalue weighted by Crippen LogP contribution is -2.42. The van der Waals surface area contributed by atoms with Crippen LogP contribution in [0, 0.1) is 6.92 Å². The summed E-state index contributed by atoms with van der Waals surface area (Å²) in [5, 5.41) is 0. The summed E-state index contributed by atoms with van der Waals surface area (Å²) in [5.41, 5.74) is 3.37. The van der Waals surface area contributed by atoms with Gasteiger partial charge in [-0.15, -0.1) is 0 Å². The molecule has 6 heteroatoms. The van der Waals surface area contributed by atoms with Crippen LogP contribution in [0.5, 0.6) is 11.6 Å². The average Bonchev–Trinajstić information content (AvgIpc) is 3.22. The van der Waals surface area contributed by atoms with Crippen LogP contribution in [-0.4, -0.2) is 29.6 Å². The molecule has 0 saturated carbocycles. The first-order valence-electron chi connectivity index (χ1n) is 9.15. The SMILES string of the molecule is COc1ccc2c(n1)C1(CO2)C(=O)N(Cc2ncccc2C)c2ccccc21. The highest BCUT2D eigenvalue weighted by Gasteiger charge is 2.58. The highest BCUT2D eigenvalue weighted by molar-refractivity contribution is 6.11. The van der Waals surface area contributed by atoms with Gasteiger partial charge in [-0.2, -0.15) is 0 Å². The quantitative estimate of drug-likeness (QED) is 0.706. The fourth-order valence-corrected chi connectivity index (χ4v) is 4.10. The number of amides is 1. The van der Waals surface area contributed by atoms with Crippen molar-refractivity contribution in [2.45, 2.75) is 18.9 Å². The molecule has 4 heterocycles. The first-order valence-corrected chi connectivity index (χ1v) is 9.15. The molecule has 2 aliphatic heterocycles. The Kier molecular flexibility index (Phi) is 3.62. The van der Waals surface area contributed by atoms with Crippen LogP contribution < -0.4 is 14.4 Å². The molecule has 6 nitrogen and oxygen atoms in total. The number of hydrogen-bond acceptors (Lipinski definition) is 5. The Labute approximate surface area is 162 Å². The molecule has 2 aromatic heterocycles. The fraction of sp³-hybridized carbons (Fsp3) is 0.227. The van der Waals surface area contributed by atoms with Crippen molar-refractivity contribution in [3.8, 4) is 11.6 Å². The fourth-order valence-electron chi connectivity index (χ4n) is 4.10. The maximum Gasteiger partial charge on any atom is 0.247 e. The van der Waals surface area contributed by atoms with Gasteiger partial charge in [-0.3, -0.25) is 9.78 Å². The van der Waals surface area contributed by atoms with Crippen LogP contribution in [0.3, 0.4) is 0 Å². The second-order valence-corrected chi connectivity index (χ2v) is 7.07. The monoisotopic (exact) mass is 373 g/mol. The van der Waals surface area contributed by atoms with Gasteiger partial charge in [0.2, 0.25) is 11.8 Å². The number of carbonyl (C=O) groups is 1. The van der Waals surface area contributed by atoms with Crippen LogP contribution in [-0.2, 0) is 16.8 Å². The Hall–Kier alpha value is -3.41. The molecule has 1 unspecified atom stereocenters. The smallest absolute Gasteiger partial charge is 0.247 e. The van der Waals surface area contributed by atoms with Gasteiger partial charge in [0, 0.05) is 23.5 Å². The Morgan fingerprint density at radius 1 is 1.18 bits per heavy atom. The van der Waals surface area contributed by atoms with E-state index in [1.165, 1.54) is 0 Å². The van der Waals surface area contributed by atoms with Crippen LogP contribution in [0.25, 0.3) is 0 Å². The van der Waals surface area contributed by atoms with Crippen LogP contribution in [0.1, 0.15) is 22.5 Å². The Bertz CT molecular complexity index is 1100. The van der Waals surface area contributed by atoms with Crippen molar-refractivity contribution in [2.24, 2.45) is 0 Å². The van der Waals surface area contributed by atoms with E-state index in [0.717, 1.165) is 22.5 Å². The molecule has 2 aliphatic rings. The maximum atomic E-state index is 13.8. The number of carbonyl (C=O) groups excluding carboxylic acids is 1. The van der Waals surface area contributed by atoms with Crippen molar-refractivity contribution in [3.63, 3.8) is 0 Å². The summed E-state index contributed by atoms with van der Waals surface area (Å²) in [6.07, 6.45) is 1.75. The molecule has 5 rings (SSSR count). The number of fused-ring (bicyclic) bond motifs is 4. The third-order valence-electron chi connectivity index (χ3n) is 5.58.